The minimum absolute atomic E-state index is 0.00898. The van der Waals surface area contributed by atoms with Crippen molar-refractivity contribution in [2.75, 3.05) is 105 Å². The van der Waals surface area contributed by atoms with Gasteiger partial charge in [-0.3, -0.25) is 9.59 Å². The van der Waals surface area contributed by atoms with Gasteiger partial charge in [-0.1, -0.05) is 52.0 Å². The molecule has 6 saturated heterocycles. The second-order valence-corrected chi connectivity index (χ2v) is 14.6. The van der Waals surface area contributed by atoms with Crippen LogP contribution >= 0.6 is 0 Å². The molecule has 2 atom stereocenters. The predicted octanol–water partition coefficient (Wildman–Crippen LogP) is 3.19. The topological polar surface area (TPSA) is 52.6 Å². The largest absolute Gasteiger partial charge is 0.459 e. The van der Waals surface area contributed by atoms with Crippen LogP contribution < -0.4 is 0 Å². The van der Waals surface area contributed by atoms with Crippen molar-refractivity contribution in [3.8, 4) is 0 Å². The van der Waals surface area contributed by atoms with Gasteiger partial charge in [-0.2, -0.15) is 0 Å². The molecule has 8 nitrogen and oxygen atoms in total. The van der Waals surface area contributed by atoms with E-state index >= 15 is 0 Å². The summed E-state index contributed by atoms with van der Waals surface area (Å²) in [5.41, 5.74) is 2.95. The average molecular weight is 587 g/mol. The number of piperazine rings is 6. The van der Waals surface area contributed by atoms with Gasteiger partial charge in [-0.05, 0) is 12.8 Å². The predicted molar refractivity (Wildman–Crippen MR) is 164 cm³/mol. The van der Waals surface area contributed by atoms with E-state index in [4.69, 9.17) is 9.47 Å². The van der Waals surface area contributed by atoms with Crippen LogP contribution in [0.3, 0.4) is 0 Å². The van der Waals surface area contributed by atoms with Crippen LogP contribution in [0.5, 0.6) is 0 Å². The van der Waals surface area contributed by atoms with E-state index < -0.39 is 0 Å². The number of nitrogens with zero attached hydrogens (tertiary/aromatic N) is 4. The molecular weight excluding hydrogens is 528 g/mol. The van der Waals surface area contributed by atoms with Crippen molar-refractivity contribution in [2.45, 2.75) is 53.6 Å². The number of quaternary nitrogens is 4. The van der Waals surface area contributed by atoms with Crippen LogP contribution in [0.1, 0.15) is 51.7 Å². The van der Waals surface area contributed by atoms with Gasteiger partial charge in [0.15, 0.2) is 0 Å². The molecule has 0 saturated carbocycles. The number of rotatable bonds is 14. The third-order valence-corrected chi connectivity index (χ3v) is 12.0. The molecular formula is C34H58N4O4+4. The summed E-state index contributed by atoms with van der Waals surface area (Å²) in [6.07, 6.45) is 1.69. The molecule has 8 heteroatoms. The maximum atomic E-state index is 12.1. The van der Waals surface area contributed by atoms with Crippen LogP contribution in [0.25, 0.3) is 0 Å². The van der Waals surface area contributed by atoms with Gasteiger partial charge in [0, 0.05) is 11.1 Å². The molecule has 0 aromatic heterocycles. The van der Waals surface area contributed by atoms with E-state index in [-0.39, 0.29) is 23.8 Å². The Labute approximate surface area is 254 Å². The molecule has 0 radical (unpaired) electrons. The molecule has 234 valence electrons. The highest BCUT2D eigenvalue weighted by atomic mass is 16.5. The third kappa shape index (κ3) is 7.03. The maximum Gasteiger partial charge on any atom is 0.308 e. The molecule has 0 N–H and O–H groups in total. The van der Waals surface area contributed by atoms with Gasteiger partial charge < -0.3 is 27.4 Å². The van der Waals surface area contributed by atoms with E-state index in [9.17, 15) is 9.59 Å². The van der Waals surface area contributed by atoms with E-state index in [1.165, 1.54) is 98.6 Å². The molecule has 6 heterocycles. The number of esters is 2. The van der Waals surface area contributed by atoms with Crippen LogP contribution in [0.15, 0.2) is 24.3 Å². The van der Waals surface area contributed by atoms with Crippen LogP contribution in [-0.4, -0.2) is 135 Å². The Hall–Kier alpha value is -2.00. The van der Waals surface area contributed by atoms with E-state index in [1.54, 1.807) is 0 Å². The summed E-state index contributed by atoms with van der Waals surface area (Å²) in [5, 5.41) is 0. The van der Waals surface area contributed by atoms with Crippen LogP contribution in [0, 0.1) is 11.8 Å². The van der Waals surface area contributed by atoms with E-state index in [1.807, 2.05) is 27.7 Å². The van der Waals surface area contributed by atoms with Crippen molar-refractivity contribution in [3.05, 3.63) is 35.4 Å². The van der Waals surface area contributed by atoms with Crippen molar-refractivity contribution in [3.63, 3.8) is 0 Å². The minimum atomic E-state index is -0.0346. The fourth-order valence-electron chi connectivity index (χ4n) is 7.85. The SMILES string of the molecule is CCC(C)C(=O)OCC[N+]12CC[N+](Cc3ccc(C[N+]45CC[N+](CCOC(=O)C(C)CC)(CC4)CC5)cc3)(CC1)CC2. The molecule has 1 aromatic rings. The van der Waals surface area contributed by atoms with Gasteiger partial charge in [0.05, 0.1) is 11.8 Å². The summed E-state index contributed by atoms with van der Waals surface area (Å²) in [7, 11) is 0. The standard InChI is InChI=1S/C34H58N4O4/c1-5-29(3)33(39)41-25-23-35-11-17-37(18-12-35,19-13-35)27-31-7-9-32(10-8-31)28-38-20-14-36(15-21-38,16-22-38)24-26-42-34(40)30(4)6-2/h7-10,29-30H,5-6,11-28H2,1-4H3/q+4. The van der Waals surface area contributed by atoms with Gasteiger partial charge in [-0.25, -0.2) is 0 Å². The molecule has 0 amide bonds. The van der Waals surface area contributed by atoms with Gasteiger partial charge in [0.2, 0.25) is 0 Å². The molecule has 2 unspecified atom stereocenters. The lowest BCUT2D eigenvalue weighted by molar-refractivity contribution is -1.09. The van der Waals surface area contributed by atoms with Gasteiger partial charge in [0.25, 0.3) is 0 Å². The van der Waals surface area contributed by atoms with Crippen LogP contribution in [0.2, 0.25) is 0 Å². The Bertz CT molecular complexity index is 955. The fraction of sp³-hybridized carbons (Fsp3) is 0.765. The first kappa shape index (κ1) is 31.4. The Morgan fingerprint density at radius 1 is 0.571 bits per heavy atom. The van der Waals surface area contributed by atoms with Crippen molar-refractivity contribution in [1.29, 1.82) is 0 Å². The number of carbonyl (C=O) groups is 2. The lowest BCUT2D eigenvalue weighted by Gasteiger charge is -2.55. The highest BCUT2D eigenvalue weighted by Crippen LogP contribution is 2.31. The van der Waals surface area contributed by atoms with E-state index in [0.717, 1.165) is 48.0 Å². The second kappa shape index (κ2) is 12.9. The second-order valence-electron chi connectivity index (χ2n) is 14.6. The van der Waals surface area contributed by atoms with Crippen molar-refractivity contribution >= 4 is 11.9 Å². The molecule has 6 aliphatic rings. The summed E-state index contributed by atoms with van der Waals surface area (Å²) in [5.74, 6) is -0.0512. The zero-order valence-electron chi connectivity index (χ0n) is 27.0. The fourth-order valence-corrected chi connectivity index (χ4v) is 7.85. The first-order valence-electron chi connectivity index (χ1n) is 16.9. The lowest BCUT2D eigenvalue weighted by Crippen LogP contribution is -2.75. The highest BCUT2D eigenvalue weighted by Gasteiger charge is 2.50. The van der Waals surface area contributed by atoms with E-state index in [0.29, 0.717) is 13.2 Å². The number of carbonyl (C=O) groups excluding carboxylic acids is 2. The summed E-state index contributed by atoms with van der Waals surface area (Å²) >= 11 is 0. The van der Waals surface area contributed by atoms with Crippen molar-refractivity contribution < 1.29 is 37.0 Å². The molecule has 0 aliphatic carbocycles. The average Bonchev–Trinajstić information content (AvgIpc) is 3.03. The quantitative estimate of drug-likeness (QED) is 0.248. The number of fused-ring (bicyclic) bond motifs is 6. The first-order valence-corrected chi connectivity index (χ1v) is 16.9. The molecule has 1 aromatic carbocycles. The third-order valence-electron chi connectivity index (χ3n) is 12.0. The number of benzene rings is 1. The zero-order chi connectivity index (χ0) is 29.8. The number of hydrogen-bond acceptors (Lipinski definition) is 4. The molecule has 42 heavy (non-hydrogen) atoms. The van der Waals surface area contributed by atoms with Gasteiger partial charge in [-0.15, -0.1) is 0 Å². The summed E-state index contributed by atoms with van der Waals surface area (Å²) in [6, 6.07) is 9.61. The highest BCUT2D eigenvalue weighted by molar-refractivity contribution is 5.72. The molecule has 6 fully saturated rings. The zero-order valence-corrected chi connectivity index (χ0v) is 27.0. The summed E-state index contributed by atoms with van der Waals surface area (Å²) in [6.45, 7) is 28.0. The van der Waals surface area contributed by atoms with Gasteiger partial charge in [0.1, 0.15) is 118 Å². The number of hydrogen-bond donors (Lipinski definition) is 0. The normalized spacial score (nSPS) is 33.2. The summed E-state index contributed by atoms with van der Waals surface area (Å²) in [4.78, 5) is 24.2. The Morgan fingerprint density at radius 2 is 0.857 bits per heavy atom. The van der Waals surface area contributed by atoms with Crippen LogP contribution in [-0.2, 0) is 32.2 Å². The Balaban J connectivity index is 1.06. The van der Waals surface area contributed by atoms with Crippen LogP contribution in [0.4, 0.5) is 0 Å². The first-order chi connectivity index (χ1) is 20.1. The van der Waals surface area contributed by atoms with Crippen molar-refractivity contribution in [1.82, 2.24) is 0 Å². The van der Waals surface area contributed by atoms with E-state index in [2.05, 4.69) is 24.3 Å². The Kier molecular flexibility index (Phi) is 9.67. The molecule has 4 bridgehead atoms. The maximum absolute atomic E-state index is 12.1. The number of ether oxygens (including phenoxy) is 2. The van der Waals surface area contributed by atoms with Gasteiger partial charge >= 0.3 is 11.9 Å². The summed E-state index contributed by atoms with van der Waals surface area (Å²) < 4.78 is 15.9. The Morgan fingerprint density at radius 3 is 1.14 bits per heavy atom. The monoisotopic (exact) mass is 586 g/mol. The molecule has 6 aliphatic heterocycles. The minimum Gasteiger partial charge on any atom is -0.459 e. The molecule has 0 spiro atoms. The smallest absolute Gasteiger partial charge is 0.308 e. The van der Waals surface area contributed by atoms with Crippen molar-refractivity contribution in [2.24, 2.45) is 11.8 Å². The lowest BCUT2D eigenvalue weighted by atomic mass is 10.0. The molecule has 7 rings (SSSR count).